The summed E-state index contributed by atoms with van der Waals surface area (Å²) in [4.78, 5) is 64.7. The van der Waals surface area contributed by atoms with Crippen LogP contribution in [0.1, 0.15) is 34.1 Å². The Hall–Kier alpha value is -4.37. The van der Waals surface area contributed by atoms with E-state index >= 15 is 0 Å². The van der Waals surface area contributed by atoms with Crippen LogP contribution < -0.4 is 21.3 Å². The van der Waals surface area contributed by atoms with E-state index in [-0.39, 0.29) is 0 Å². The molecule has 9 aliphatic heterocycles. The number of rotatable bonds is 32. The Morgan fingerprint density at radius 3 is 1.07 bits per heavy atom. The molecule has 31 N–H and O–H groups in total. The van der Waals surface area contributed by atoms with Gasteiger partial charge in [0.25, 0.3) is 5.79 Å². The number of aliphatic hydroxyl groups is 26. The highest BCUT2D eigenvalue weighted by molar-refractivity contribution is 5.77. The van der Waals surface area contributed by atoms with Gasteiger partial charge in [0.2, 0.25) is 23.6 Å². The predicted octanol–water partition coefficient (Wildman–Crippen LogP) is -20.8. The Morgan fingerprint density at radius 2 is 0.669 bits per heavy atom. The third kappa shape index (κ3) is 21.2. The topological polar surface area (TPSA) is 837 Å². The first-order chi connectivity index (χ1) is 55.7. The van der Waals surface area contributed by atoms with Crippen LogP contribution in [0.25, 0.3) is 0 Å². The van der Waals surface area contributed by atoms with Crippen LogP contribution in [0.5, 0.6) is 0 Å². The first-order valence-corrected chi connectivity index (χ1v) is 37.3. The molecule has 4 amide bonds. The molecule has 9 fully saturated rings. The molecular formula is C65H108N4O49. The quantitative estimate of drug-likeness (QED) is 0.0297. The van der Waals surface area contributed by atoms with Crippen LogP contribution in [0, 0.1) is 0 Å². The fourth-order valence-corrected chi connectivity index (χ4v) is 15.2. The molecule has 0 bridgehead atoms. The van der Waals surface area contributed by atoms with Crippen molar-refractivity contribution in [3.05, 3.63) is 0 Å². The summed E-state index contributed by atoms with van der Waals surface area (Å²) in [6, 6.07) is -7.76. The first kappa shape index (κ1) is 97.4. The number of amides is 4. The first-order valence-electron chi connectivity index (χ1n) is 37.3. The maximum absolute atomic E-state index is 13.3. The molecule has 0 spiro atoms. The number of ether oxygens (including phenoxy) is 17. The number of carboxylic acids is 1. The van der Waals surface area contributed by atoms with E-state index in [4.69, 9.17) is 80.5 Å². The van der Waals surface area contributed by atoms with Crippen LogP contribution >= 0.6 is 0 Å². The molecule has 53 heteroatoms. The van der Waals surface area contributed by atoms with E-state index in [0.29, 0.717) is 0 Å². The molecule has 0 aromatic carbocycles. The average molecular weight is 1730 g/mol. The van der Waals surface area contributed by atoms with Crippen molar-refractivity contribution in [3.8, 4) is 0 Å². The van der Waals surface area contributed by atoms with Gasteiger partial charge in [-0.1, -0.05) is 0 Å². The molecule has 0 aromatic heterocycles. The second-order valence-electron chi connectivity index (χ2n) is 29.6. The van der Waals surface area contributed by atoms with Crippen molar-refractivity contribution in [1.29, 1.82) is 0 Å². The normalized spacial score (nSPS) is 47.6. The van der Waals surface area contributed by atoms with E-state index in [0.717, 1.165) is 27.7 Å². The van der Waals surface area contributed by atoms with Gasteiger partial charge < -0.3 is 240 Å². The minimum absolute atomic E-state index is 0.868. The number of carboxylic acid groups (broad SMARTS) is 1. The van der Waals surface area contributed by atoms with Crippen LogP contribution in [-0.2, 0) is 104 Å². The summed E-state index contributed by atoms with van der Waals surface area (Å²) < 4.78 is 99.3. The Kier molecular flexibility index (Phi) is 34.7. The van der Waals surface area contributed by atoms with Gasteiger partial charge in [-0.2, -0.15) is 0 Å². The zero-order chi connectivity index (χ0) is 87.3. The van der Waals surface area contributed by atoms with Crippen LogP contribution in [0.4, 0.5) is 0 Å². The van der Waals surface area contributed by atoms with Crippen LogP contribution in [0.3, 0.4) is 0 Å². The number of aliphatic hydroxyl groups excluding tert-OH is 26. The fraction of sp³-hybridized carbons (Fsp3) is 0.923. The summed E-state index contributed by atoms with van der Waals surface area (Å²) in [5.74, 6) is -9.34. The molecule has 53 nitrogen and oxygen atoms in total. The van der Waals surface area contributed by atoms with E-state index in [2.05, 4.69) is 21.3 Å². The van der Waals surface area contributed by atoms with E-state index in [1.807, 2.05) is 0 Å². The number of aliphatic carboxylic acids is 1. The zero-order valence-electron chi connectivity index (χ0n) is 63.1. The van der Waals surface area contributed by atoms with Gasteiger partial charge >= 0.3 is 5.97 Å². The summed E-state index contributed by atoms with van der Waals surface area (Å²) in [6.07, 6.45) is -88.9. The molecule has 46 atom stereocenters. The molecule has 9 heterocycles. The standard InChI is InChI=1S/C65H108N4O49/c1-15(78)66-29-19(82)5-65(64(100)101,117-52(29)33(84)20(83)6-70)118-55-36(87)23(9-73)106-63(47(55)98)113-50-27(13-77)109-59(32(40(50)91)69-18(4)81)116-54-37(88)28(14-102-57-30(67-16(2)79)38(89)48(25(11-75)107-57)111-60-44(95)41(92)34(85)21(7-71)104-60)110-62(46(54)97)112-49-26(12-76)108-58(31(39(49)90)68-17(3)80)115-53-35(86)22(8-72)105-61(45(53)96)114-51-24(10-74)103-56(99)43(94)42(51)93/h19-63,70-77,82-99H,5-14H2,1-4H3,(H,66,78)(H,67,79)(H,68,80)(H,69,81)(H,100,101)/t19-,20+,21+,22+,23+,24+,25+,26+,27+,28+,29+,30+,31+,32+,33+,34-,35-,36-,37-,38+,39+,40+,41-,42+,43+,44+,45+,46+,47+,48+,49+,50+,51+,52+,53-,54-,55-,56+,57+,58-,59+,60-,61-,62-,63-,65-/m0/s1. The van der Waals surface area contributed by atoms with Gasteiger partial charge in [-0.3, -0.25) is 19.2 Å². The maximum atomic E-state index is 13.3. The molecule has 0 radical (unpaired) electrons. The van der Waals surface area contributed by atoms with E-state index in [9.17, 15) is 162 Å². The summed E-state index contributed by atoms with van der Waals surface area (Å²) in [5.41, 5.74) is 0. The second kappa shape index (κ2) is 42.1. The highest BCUT2D eigenvalue weighted by Gasteiger charge is 2.63. The minimum atomic E-state index is -3.31. The smallest absolute Gasteiger partial charge is 0.364 e. The molecular weight excluding hydrogens is 1620 g/mol. The molecule has 9 saturated heterocycles. The van der Waals surface area contributed by atoms with Crippen LogP contribution in [0.2, 0.25) is 0 Å². The van der Waals surface area contributed by atoms with Crippen molar-refractivity contribution in [1.82, 2.24) is 21.3 Å². The predicted molar refractivity (Wildman–Crippen MR) is 361 cm³/mol. The summed E-state index contributed by atoms with van der Waals surface area (Å²) in [5, 5.41) is 308. The maximum Gasteiger partial charge on any atom is 0.364 e. The van der Waals surface area contributed by atoms with Gasteiger partial charge in [-0.15, -0.1) is 0 Å². The van der Waals surface area contributed by atoms with Crippen LogP contribution in [0.15, 0.2) is 0 Å². The lowest BCUT2D eigenvalue weighted by Crippen LogP contribution is -2.71. The molecule has 9 rings (SSSR count). The van der Waals surface area contributed by atoms with Crippen molar-refractivity contribution < 1.29 is 242 Å². The molecule has 118 heavy (non-hydrogen) atoms. The lowest BCUT2D eigenvalue weighted by molar-refractivity contribution is -0.393. The Bertz CT molecular complexity index is 3210. The highest BCUT2D eigenvalue weighted by atomic mass is 16.8. The molecule has 0 aromatic rings. The molecule has 9 aliphatic rings. The SMILES string of the molecule is CC(=O)N[C@H]1[C@H](OC[C@H]2O[C@@H](O[C@H]3[C@H](O)[C@@H](NC(C)=O)[C@H](O[C@H]4[C@@H](O)[C@@H](CO)O[C@@H](O[C@H]5[C@H](O)[C@@H](O)[C@H](O)O[C@@H]5CO)[C@@H]4O)O[C@@H]3CO)[C@H](O)[C@@H](O[C@H]3O[C@H](CO)[C@@H](O[C@@H]4O[C@H](CO)[C@H](O)[C@H](O[C@]5(C(=O)O)C[C@H](O)[C@@H](NC(C)=O)[C@H]([C@H](O)[C@H](O)CO)O5)[C@H]4O)[C@H](O)[C@H]3NC(C)=O)[C@H]2O)O[C@H](CO)[C@@H](O[C@@H]2O[C@H](CO)[C@H](O)[C@H](O)[C@H]2O)[C@@H]1O. The molecule has 0 unspecified atom stereocenters. The fourth-order valence-electron chi connectivity index (χ4n) is 15.2. The zero-order valence-corrected chi connectivity index (χ0v) is 63.1. The van der Waals surface area contributed by atoms with Gasteiger partial charge in [0.05, 0.1) is 71.6 Å². The lowest BCUT2D eigenvalue weighted by Gasteiger charge is -2.51. The van der Waals surface area contributed by atoms with Crippen molar-refractivity contribution in [2.24, 2.45) is 0 Å². The number of nitrogens with one attached hydrogen (secondary N) is 4. The van der Waals surface area contributed by atoms with E-state index < -0.39 is 377 Å². The van der Waals surface area contributed by atoms with Gasteiger partial charge in [0.15, 0.2) is 50.3 Å². The van der Waals surface area contributed by atoms with E-state index in [1.54, 1.807) is 0 Å². The Labute approximate surface area is 666 Å². The van der Waals surface area contributed by atoms with E-state index in [1.165, 1.54) is 0 Å². The molecule has 682 valence electrons. The third-order valence-corrected chi connectivity index (χ3v) is 21.3. The van der Waals surface area contributed by atoms with Gasteiger partial charge in [-0.25, -0.2) is 4.79 Å². The van der Waals surface area contributed by atoms with Crippen molar-refractivity contribution in [3.63, 3.8) is 0 Å². The van der Waals surface area contributed by atoms with Gasteiger partial charge in [0.1, 0.15) is 213 Å². The van der Waals surface area contributed by atoms with Gasteiger partial charge in [0, 0.05) is 34.1 Å². The van der Waals surface area contributed by atoms with Crippen molar-refractivity contribution >= 4 is 29.6 Å². The summed E-state index contributed by atoms with van der Waals surface area (Å²) >= 11 is 0. The largest absolute Gasteiger partial charge is 0.477 e. The number of carbonyl (C=O) groups excluding carboxylic acids is 4. The second-order valence-corrected chi connectivity index (χ2v) is 29.6. The summed E-state index contributed by atoms with van der Waals surface area (Å²) in [7, 11) is 0. The number of carbonyl (C=O) groups is 5. The number of hydrogen-bond acceptors (Lipinski definition) is 48. The van der Waals surface area contributed by atoms with Crippen LogP contribution in [-0.4, -0.2) is 509 Å². The average Bonchev–Trinajstić information content (AvgIpc) is 0.751. The van der Waals surface area contributed by atoms with Crippen molar-refractivity contribution in [2.75, 3.05) is 59.5 Å². The molecule has 0 aliphatic carbocycles. The Balaban J connectivity index is 1.02. The minimum Gasteiger partial charge on any atom is -0.477 e. The summed E-state index contributed by atoms with van der Waals surface area (Å²) in [6.45, 7) is -6.62. The highest BCUT2D eigenvalue weighted by Crippen LogP contribution is 2.42. The Morgan fingerprint density at radius 1 is 0.347 bits per heavy atom. The van der Waals surface area contributed by atoms with Gasteiger partial charge in [-0.05, 0) is 0 Å². The third-order valence-electron chi connectivity index (χ3n) is 21.3. The van der Waals surface area contributed by atoms with Crippen molar-refractivity contribution in [2.45, 2.75) is 316 Å². The monoisotopic (exact) mass is 1730 g/mol. The molecule has 0 saturated carbocycles. The number of hydrogen-bond donors (Lipinski definition) is 31. The lowest BCUT2D eigenvalue weighted by atomic mass is 9.88.